The van der Waals surface area contributed by atoms with Crippen LogP contribution in [0, 0.1) is 5.41 Å². The highest BCUT2D eigenvalue weighted by molar-refractivity contribution is 5.94. The lowest BCUT2D eigenvalue weighted by Gasteiger charge is -2.12. The van der Waals surface area contributed by atoms with Crippen LogP contribution in [0.4, 0.5) is 0 Å². The largest absolute Gasteiger partial charge is 0.291 e. The van der Waals surface area contributed by atoms with Crippen LogP contribution in [0.5, 0.6) is 0 Å². The Morgan fingerprint density at radius 2 is 2.05 bits per heavy atom. The topological polar surface area (TPSA) is 99.8 Å². The van der Waals surface area contributed by atoms with Gasteiger partial charge in [0.15, 0.2) is 5.69 Å². The van der Waals surface area contributed by atoms with E-state index in [2.05, 4.69) is 26.3 Å². The highest BCUT2D eigenvalue weighted by Gasteiger charge is 2.56. The molecule has 108 valence electrons. The van der Waals surface area contributed by atoms with Gasteiger partial charge in [0.05, 0.1) is 11.6 Å². The van der Waals surface area contributed by atoms with Crippen molar-refractivity contribution >= 4 is 11.8 Å². The van der Waals surface area contributed by atoms with Crippen molar-refractivity contribution in [2.24, 2.45) is 5.41 Å². The smallest absolute Gasteiger partial charge is 0.273 e. The predicted molar refractivity (Wildman–Crippen MR) is 73.9 cm³/mol. The van der Waals surface area contributed by atoms with Crippen molar-refractivity contribution in [3.05, 3.63) is 47.8 Å². The molecule has 3 rings (SSSR count). The maximum atomic E-state index is 12.2. The Balaban J connectivity index is 1.58. The van der Waals surface area contributed by atoms with E-state index in [1.807, 2.05) is 37.3 Å². The molecule has 7 heteroatoms. The van der Waals surface area contributed by atoms with Crippen LogP contribution in [0.2, 0.25) is 0 Å². The van der Waals surface area contributed by atoms with Crippen LogP contribution in [-0.4, -0.2) is 27.2 Å². The Labute approximate surface area is 121 Å². The molecule has 1 aromatic heterocycles. The number of carbonyl (C=O) groups is 2. The van der Waals surface area contributed by atoms with Gasteiger partial charge < -0.3 is 0 Å². The van der Waals surface area contributed by atoms with Crippen LogP contribution < -0.4 is 10.9 Å². The standard InChI is InChI=1S/C14H15N5O2/c1-14(7-10(14)9-5-3-2-4-6-9)13(21)18-17-12(20)11-8-15-19-16-11/h2-6,8,10H,7H2,1H3,(H,17,20)(H,18,21)(H,15,16,19)/t10-,14+/m1/s1. The van der Waals surface area contributed by atoms with Crippen molar-refractivity contribution in [3.63, 3.8) is 0 Å². The van der Waals surface area contributed by atoms with Gasteiger partial charge in [0, 0.05) is 0 Å². The van der Waals surface area contributed by atoms with Crippen molar-refractivity contribution < 1.29 is 9.59 Å². The van der Waals surface area contributed by atoms with Crippen LogP contribution in [0.15, 0.2) is 36.5 Å². The average molecular weight is 285 g/mol. The lowest BCUT2D eigenvalue weighted by molar-refractivity contribution is -0.126. The van der Waals surface area contributed by atoms with Crippen LogP contribution in [0.25, 0.3) is 0 Å². The number of benzene rings is 1. The number of H-pyrrole nitrogens is 1. The fourth-order valence-electron chi connectivity index (χ4n) is 2.42. The molecular weight excluding hydrogens is 270 g/mol. The minimum atomic E-state index is -0.502. The van der Waals surface area contributed by atoms with Gasteiger partial charge >= 0.3 is 0 Å². The van der Waals surface area contributed by atoms with E-state index >= 15 is 0 Å². The summed E-state index contributed by atoms with van der Waals surface area (Å²) in [4.78, 5) is 23.9. The second kappa shape index (κ2) is 5.01. The summed E-state index contributed by atoms with van der Waals surface area (Å²) in [7, 11) is 0. The van der Waals surface area contributed by atoms with Gasteiger partial charge in [-0.15, -0.1) is 0 Å². The number of nitrogens with zero attached hydrogens (tertiary/aromatic N) is 2. The number of nitrogens with one attached hydrogen (secondary N) is 3. The molecule has 3 N–H and O–H groups in total. The van der Waals surface area contributed by atoms with E-state index in [0.717, 1.165) is 12.0 Å². The molecule has 0 bridgehead atoms. The van der Waals surface area contributed by atoms with Gasteiger partial charge in [-0.1, -0.05) is 37.3 Å². The summed E-state index contributed by atoms with van der Waals surface area (Å²) in [6.07, 6.45) is 2.05. The Morgan fingerprint density at radius 1 is 1.29 bits per heavy atom. The van der Waals surface area contributed by atoms with Gasteiger partial charge in [-0.3, -0.25) is 20.4 Å². The first-order chi connectivity index (χ1) is 10.1. The van der Waals surface area contributed by atoms with Gasteiger partial charge in [-0.25, -0.2) is 0 Å². The lowest BCUT2D eigenvalue weighted by Crippen LogP contribution is -2.45. The molecule has 2 atom stereocenters. The van der Waals surface area contributed by atoms with Crippen LogP contribution >= 0.6 is 0 Å². The number of aromatic nitrogens is 3. The summed E-state index contributed by atoms with van der Waals surface area (Å²) in [6, 6.07) is 9.88. The molecule has 1 heterocycles. The minimum Gasteiger partial charge on any atom is -0.273 e. The summed E-state index contributed by atoms with van der Waals surface area (Å²) in [5.41, 5.74) is 5.57. The molecule has 21 heavy (non-hydrogen) atoms. The maximum absolute atomic E-state index is 12.2. The number of rotatable bonds is 3. The van der Waals surface area contributed by atoms with Gasteiger partial charge in [-0.05, 0) is 17.9 Å². The molecule has 0 aliphatic heterocycles. The van der Waals surface area contributed by atoms with Crippen LogP contribution in [0.3, 0.4) is 0 Å². The first-order valence-corrected chi connectivity index (χ1v) is 6.63. The molecule has 1 aliphatic carbocycles. The zero-order valence-electron chi connectivity index (χ0n) is 11.5. The average Bonchev–Trinajstić information content (AvgIpc) is 2.96. The number of amides is 2. The van der Waals surface area contributed by atoms with Gasteiger partial charge in [0.25, 0.3) is 5.91 Å². The number of hydrazine groups is 1. The zero-order chi connectivity index (χ0) is 14.9. The SMILES string of the molecule is C[C@]1(C(=O)NNC(=O)c2cn[nH]n2)C[C@@H]1c1ccccc1. The molecule has 2 aromatic rings. The normalized spacial score (nSPS) is 23.4. The number of hydrogen-bond donors (Lipinski definition) is 3. The Kier molecular flexibility index (Phi) is 3.17. The first kappa shape index (κ1) is 13.3. The zero-order valence-corrected chi connectivity index (χ0v) is 11.5. The third kappa shape index (κ3) is 2.49. The fraction of sp³-hybridized carbons (Fsp3) is 0.286. The molecule has 1 fully saturated rings. The summed E-state index contributed by atoms with van der Waals surface area (Å²) in [6.45, 7) is 1.89. The number of carbonyl (C=O) groups excluding carboxylic acids is 2. The third-order valence-electron chi connectivity index (χ3n) is 3.90. The lowest BCUT2D eigenvalue weighted by atomic mass is 10.0. The van der Waals surface area contributed by atoms with Crippen LogP contribution in [0.1, 0.15) is 35.3 Å². The third-order valence-corrected chi connectivity index (χ3v) is 3.90. The molecule has 0 radical (unpaired) electrons. The predicted octanol–water partition coefficient (Wildman–Crippen LogP) is 0.759. The van der Waals surface area contributed by atoms with Crippen molar-refractivity contribution in [2.75, 3.05) is 0 Å². The van der Waals surface area contributed by atoms with E-state index in [1.54, 1.807) is 0 Å². The molecule has 1 saturated carbocycles. The van der Waals surface area contributed by atoms with Crippen molar-refractivity contribution in [2.45, 2.75) is 19.3 Å². The Bertz CT molecular complexity index is 655. The molecule has 0 unspecified atom stereocenters. The molecule has 0 spiro atoms. The Morgan fingerprint density at radius 3 is 2.71 bits per heavy atom. The summed E-state index contributed by atoms with van der Waals surface area (Å²) in [5.74, 6) is -0.520. The maximum Gasteiger partial charge on any atom is 0.291 e. The minimum absolute atomic E-state index is 0.121. The Hall–Kier alpha value is -2.70. The van der Waals surface area contributed by atoms with E-state index in [1.165, 1.54) is 6.20 Å². The monoisotopic (exact) mass is 285 g/mol. The highest BCUT2D eigenvalue weighted by Crippen LogP contribution is 2.58. The number of hydrogen-bond acceptors (Lipinski definition) is 4. The van der Waals surface area contributed by atoms with E-state index in [0.29, 0.717) is 0 Å². The summed E-state index contributed by atoms with van der Waals surface area (Å²) < 4.78 is 0. The molecule has 1 aromatic carbocycles. The molecular formula is C14H15N5O2. The number of aromatic amines is 1. The van der Waals surface area contributed by atoms with E-state index < -0.39 is 11.3 Å². The van der Waals surface area contributed by atoms with Crippen molar-refractivity contribution in [3.8, 4) is 0 Å². The van der Waals surface area contributed by atoms with Crippen LogP contribution in [-0.2, 0) is 4.79 Å². The second-order valence-electron chi connectivity index (χ2n) is 5.35. The van der Waals surface area contributed by atoms with E-state index in [4.69, 9.17) is 0 Å². The van der Waals surface area contributed by atoms with Gasteiger partial charge in [0.1, 0.15) is 0 Å². The van der Waals surface area contributed by atoms with Crippen molar-refractivity contribution in [1.82, 2.24) is 26.3 Å². The second-order valence-corrected chi connectivity index (χ2v) is 5.35. The quantitative estimate of drug-likeness (QED) is 0.725. The fourth-order valence-corrected chi connectivity index (χ4v) is 2.42. The van der Waals surface area contributed by atoms with E-state index in [9.17, 15) is 9.59 Å². The highest BCUT2D eigenvalue weighted by atomic mass is 16.2. The molecule has 2 amide bonds. The summed E-state index contributed by atoms with van der Waals surface area (Å²) >= 11 is 0. The van der Waals surface area contributed by atoms with Gasteiger partial charge in [0.2, 0.25) is 5.91 Å². The molecule has 0 saturated heterocycles. The molecule has 1 aliphatic rings. The first-order valence-electron chi connectivity index (χ1n) is 6.63. The van der Waals surface area contributed by atoms with Gasteiger partial charge in [-0.2, -0.15) is 15.4 Å². The molecule has 7 nitrogen and oxygen atoms in total. The van der Waals surface area contributed by atoms with E-state index in [-0.39, 0.29) is 17.5 Å². The van der Waals surface area contributed by atoms with Crippen molar-refractivity contribution in [1.29, 1.82) is 0 Å². The summed E-state index contributed by atoms with van der Waals surface area (Å²) in [5, 5.41) is 9.50.